The van der Waals surface area contributed by atoms with Crippen molar-refractivity contribution in [1.29, 1.82) is 0 Å². The van der Waals surface area contributed by atoms with Gasteiger partial charge in [-0.05, 0) is 0 Å². The van der Waals surface area contributed by atoms with E-state index in [4.69, 9.17) is 9.79 Å². The number of hydrogen-bond acceptors (Lipinski definition) is 3. The highest BCUT2D eigenvalue weighted by molar-refractivity contribution is 8.10. The Morgan fingerprint density at radius 1 is 1.40 bits per heavy atom. The third-order valence-corrected chi connectivity index (χ3v) is 6.15. The van der Waals surface area contributed by atoms with Gasteiger partial charge in [0.05, 0.1) is 0 Å². The number of thioether (sulfide) groups is 2. The average molecular weight is 200 g/mol. The monoisotopic (exact) mass is 200 g/mol. The lowest BCUT2D eigenvalue weighted by molar-refractivity contribution is 0.372. The molecule has 2 N–H and O–H groups in total. The molecule has 1 saturated heterocycles. The second-order valence-electron chi connectivity index (χ2n) is 1.99. The van der Waals surface area contributed by atoms with Crippen LogP contribution in [0.25, 0.3) is 0 Å². The molecule has 1 heterocycles. The van der Waals surface area contributed by atoms with Gasteiger partial charge < -0.3 is 9.79 Å². The summed E-state index contributed by atoms with van der Waals surface area (Å²) in [7, 11) is -3.80. The molecule has 0 aliphatic carbocycles. The molecule has 1 aliphatic heterocycles. The van der Waals surface area contributed by atoms with Crippen molar-refractivity contribution in [3.05, 3.63) is 0 Å². The molecular weight excluding hydrogens is 191 g/mol. The average Bonchev–Trinajstić information content (AvgIpc) is 1.88. The van der Waals surface area contributed by atoms with Crippen molar-refractivity contribution < 1.29 is 14.4 Å². The second-order valence-corrected chi connectivity index (χ2v) is 6.60. The van der Waals surface area contributed by atoms with E-state index in [-0.39, 0.29) is 0 Å². The Bertz CT molecular complexity index is 151. The first-order chi connectivity index (χ1) is 4.61. The summed E-state index contributed by atoms with van der Waals surface area (Å²) in [4.78, 5) is 17.0. The molecule has 10 heavy (non-hydrogen) atoms. The van der Waals surface area contributed by atoms with Crippen molar-refractivity contribution in [2.75, 3.05) is 17.3 Å². The lowest BCUT2D eigenvalue weighted by Crippen LogP contribution is -2.13. The zero-order valence-corrected chi connectivity index (χ0v) is 7.79. The third kappa shape index (κ3) is 2.47. The molecule has 0 aromatic rings. The highest BCUT2D eigenvalue weighted by Gasteiger charge is 2.30. The van der Waals surface area contributed by atoms with Crippen molar-refractivity contribution in [1.82, 2.24) is 0 Å². The van der Waals surface area contributed by atoms with Crippen LogP contribution in [0, 0.1) is 0 Å². The summed E-state index contributed by atoms with van der Waals surface area (Å²) in [5.41, 5.74) is 0. The second kappa shape index (κ2) is 3.50. The van der Waals surface area contributed by atoms with E-state index in [0.29, 0.717) is 5.75 Å². The van der Waals surface area contributed by atoms with E-state index >= 15 is 0 Å². The van der Waals surface area contributed by atoms with Crippen LogP contribution in [0.4, 0.5) is 0 Å². The molecule has 0 amide bonds. The Hall–Kier alpha value is 0.850. The summed E-state index contributed by atoms with van der Waals surface area (Å²) in [5, 5.41) is 0. The molecule has 0 aromatic carbocycles. The van der Waals surface area contributed by atoms with Gasteiger partial charge in [-0.1, -0.05) is 0 Å². The van der Waals surface area contributed by atoms with Gasteiger partial charge >= 0.3 is 7.60 Å². The van der Waals surface area contributed by atoms with Gasteiger partial charge in [-0.25, -0.2) is 0 Å². The zero-order valence-electron chi connectivity index (χ0n) is 5.27. The Morgan fingerprint density at radius 3 is 2.40 bits per heavy atom. The van der Waals surface area contributed by atoms with Crippen molar-refractivity contribution in [2.24, 2.45) is 0 Å². The van der Waals surface area contributed by atoms with Gasteiger partial charge in [0, 0.05) is 17.3 Å². The van der Waals surface area contributed by atoms with Crippen LogP contribution < -0.4 is 0 Å². The molecule has 1 atom stereocenters. The maximum Gasteiger partial charge on any atom is 0.339 e. The lowest BCUT2D eigenvalue weighted by atomic mass is 10.9. The fraction of sp³-hybridized carbons (Fsp3) is 1.00. The van der Waals surface area contributed by atoms with E-state index < -0.39 is 12.6 Å². The van der Waals surface area contributed by atoms with E-state index in [1.54, 1.807) is 11.8 Å². The minimum absolute atomic E-state index is 0.453. The molecule has 1 unspecified atom stereocenters. The van der Waals surface area contributed by atoms with E-state index in [2.05, 4.69) is 0 Å². The molecule has 0 aromatic heterocycles. The van der Waals surface area contributed by atoms with Gasteiger partial charge in [0.15, 0.2) is 0 Å². The Kier molecular flexibility index (Phi) is 3.13. The number of rotatable bonds is 1. The van der Waals surface area contributed by atoms with E-state index in [1.165, 1.54) is 11.8 Å². The zero-order chi connectivity index (χ0) is 7.61. The summed E-state index contributed by atoms with van der Waals surface area (Å²) in [6.07, 6.45) is 0. The van der Waals surface area contributed by atoms with Crippen LogP contribution in [-0.4, -0.2) is 32.0 Å². The van der Waals surface area contributed by atoms with Gasteiger partial charge in [0.25, 0.3) is 0 Å². The molecule has 1 rings (SSSR count). The predicted molar refractivity (Wildman–Crippen MR) is 45.6 cm³/mol. The molecule has 0 saturated carbocycles. The van der Waals surface area contributed by atoms with Gasteiger partial charge in [0.1, 0.15) is 4.99 Å². The van der Waals surface area contributed by atoms with E-state index in [9.17, 15) is 4.57 Å². The van der Waals surface area contributed by atoms with Crippen molar-refractivity contribution >= 4 is 31.1 Å². The minimum atomic E-state index is -3.80. The first-order valence-corrected chi connectivity index (χ1v) is 6.74. The minimum Gasteiger partial charge on any atom is -0.324 e. The Balaban J connectivity index is 2.47. The van der Waals surface area contributed by atoms with Gasteiger partial charge in [-0.3, -0.25) is 4.57 Å². The standard InChI is InChI=1S/C4H9O3PS2/c5-8(6,7)4-3-9-1-2-10-4/h4H,1-3H2,(H2,5,6,7). The van der Waals surface area contributed by atoms with Crippen molar-refractivity contribution in [3.8, 4) is 0 Å². The topological polar surface area (TPSA) is 57.5 Å². The summed E-state index contributed by atoms with van der Waals surface area (Å²) >= 11 is 3.00. The van der Waals surface area contributed by atoms with Gasteiger partial charge in [-0.2, -0.15) is 11.8 Å². The SMILES string of the molecule is O=P(O)(O)C1CSCCS1. The molecule has 60 valence electrons. The smallest absolute Gasteiger partial charge is 0.324 e. The fourth-order valence-electron chi connectivity index (χ4n) is 0.670. The summed E-state index contributed by atoms with van der Waals surface area (Å²) in [6.45, 7) is 0. The van der Waals surface area contributed by atoms with Crippen LogP contribution in [-0.2, 0) is 4.57 Å². The Morgan fingerprint density at radius 2 is 2.10 bits per heavy atom. The largest absolute Gasteiger partial charge is 0.339 e. The lowest BCUT2D eigenvalue weighted by Gasteiger charge is -2.21. The summed E-state index contributed by atoms with van der Waals surface area (Å²) < 4.78 is 10.6. The molecular formula is C4H9O3PS2. The molecule has 0 spiro atoms. The van der Waals surface area contributed by atoms with Crippen molar-refractivity contribution in [2.45, 2.75) is 4.99 Å². The molecule has 0 radical (unpaired) electrons. The fourth-order valence-corrected chi connectivity index (χ4v) is 5.03. The van der Waals surface area contributed by atoms with Crippen LogP contribution in [0.2, 0.25) is 0 Å². The first-order valence-electron chi connectivity index (χ1n) is 2.85. The maximum absolute atomic E-state index is 10.6. The van der Waals surface area contributed by atoms with E-state index in [1.807, 2.05) is 0 Å². The predicted octanol–water partition coefficient (Wildman–Crippen LogP) is 0.970. The summed E-state index contributed by atoms with van der Waals surface area (Å²) in [5.74, 6) is 2.47. The third-order valence-electron chi connectivity index (χ3n) is 1.17. The normalized spacial score (nSPS) is 28.4. The van der Waals surface area contributed by atoms with E-state index in [0.717, 1.165) is 11.5 Å². The van der Waals surface area contributed by atoms with Crippen LogP contribution >= 0.6 is 31.1 Å². The highest BCUT2D eigenvalue weighted by Crippen LogP contribution is 2.50. The van der Waals surface area contributed by atoms with Crippen LogP contribution in [0.15, 0.2) is 0 Å². The molecule has 3 nitrogen and oxygen atoms in total. The van der Waals surface area contributed by atoms with Gasteiger partial charge in [-0.15, -0.1) is 11.8 Å². The molecule has 0 bridgehead atoms. The maximum atomic E-state index is 10.6. The Labute approximate surface area is 68.1 Å². The van der Waals surface area contributed by atoms with Crippen LogP contribution in [0.3, 0.4) is 0 Å². The van der Waals surface area contributed by atoms with Crippen LogP contribution in [0.5, 0.6) is 0 Å². The van der Waals surface area contributed by atoms with Crippen molar-refractivity contribution in [3.63, 3.8) is 0 Å². The highest BCUT2D eigenvalue weighted by atomic mass is 32.2. The first kappa shape index (κ1) is 8.94. The number of hydrogen-bond donors (Lipinski definition) is 2. The van der Waals surface area contributed by atoms with Crippen LogP contribution in [0.1, 0.15) is 0 Å². The molecule has 6 heteroatoms. The molecule has 1 fully saturated rings. The quantitative estimate of drug-likeness (QED) is 0.618. The summed E-state index contributed by atoms with van der Waals surface area (Å²) in [6, 6.07) is 0. The molecule has 1 aliphatic rings. The van der Waals surface area contributed by atoms with Gasteiger partial charge in [0.2, 0.25) is 0 Å².